The fourth-order valence-corrected chi connectivity index (χ4v) is 5.23. The quantitative estimate of drug-likeness (QED) is 0.784. The Kier molecular flexibility index (Phi) is 5.03. The van der Waals surface area contributed by atoms with E-state index in [1.54, 1.807) is 21.6 Å². The molecule has 0 aliphatic carbocycles. The maximum absolute atomic E-state index is 13.1. The predicted molar refractivity (Wildman–Crippen MR) is 102 cm³/mol. The van der Waals surface area contributed by atoms with E-state index in [1.165, 1.54) is 0 Å². The Morgan fingerprint density at radius 3 is 2.85 bits per heavy atom. The Balaban J connectivity index is 1.46. The van der Waals surface area contributed by atoms with Crippen molar-refractivity contribution in [3.8, 4) is 0 Å². The third-order valence-corrected chi connectivity index (χ3v) is 6.61. The largest absolute Gasteiger partial charge is 0.378 e. The SMILES string of the molecule is C[C@@H](C(=O)N1CCOCC1)N1CC[C@H](N2CSc3cc(Cl)ccc32)C1=O. The summed E-state index contributed by atoms with van der Waals surface area (Å²) in [5.41, 5.74) is 1.06. The van der Waals surface area contributed by atoms with Crippen molar-refractivity contribution in [1.82, 2.24) is 9.80 Å². The number of anilines is 1. The van der Waals surface area contributed by atoms with Crippen molar-refractivity contribution in [3.63, 3.8) is 0 Å². The number of fused-ring (bicyclic) bond motifs is 1. The number of rotatable bonds is 3. The molecule has 2 amide bonds. The summed E-state index contributed by atoms with van der Waals surface area (Å²) < 4.78 is 5.31. The lowest BCUT2D eigenvalue weighted by Crippen LogP contribution is -2.52. The Hall–Kier alpha value is -1.44. The monoisotopic (exact) mass is 395 g/mol. The maximum Gasteiger partial charge on any atom is 0.246 e. The molecule has 0 N–H and O–H groups in total. The molecular weight excluding hydrogens is 374 g/mol. The van der Waals surface area contributed by atoms with Crippen LogP contribution in [-0.4, -0.2) is 72.4 Å². The van der Waals surface area contributed by atoms with Crippen molar-refractivity contribution < 1.29 is 14.3 Å². The number of amides is 2. The van der Waals surface area contributed by atoms with Crippen molar-refractivity contribution in [1.29, 1.82) is 0 Å². The normalized spacial score (nSPS) is 24.2. The van der Waals surface area contributed by atoms with Crippen molar-refractivity contribution in [2.24, 2.45) is 0 Å². The van der Waals surface area contributed by atoms with Crippen molar-refractivity contribution in [2.75, 3.05) is 43.6 Å². The highest BCUT2D eigenvalue weighted by atomic mass is 35.5. The number of ether oxygens (including phenoxy) is 1. The summed E-state index contributed by atoms with van der Waals surface area (Å²) in [5, 5.41) is 0.710. The summed E-state index contributed by atoms with van der Waals surface area (Å²) in [6.07, 6.45) is 0.738. The van der Waals surface area contributed by atoms with Gasteiger partial charge in [-0.2, -0.15) is 0 Å². The molecule has 4 rings (SSSR count). The molecule has 0 saturated carbocycles. The Morgan fingerprint density at radius 1 is 1.31 bits per heavy atom. The molecule has 2 fully saturated rings. The van der Waals surface area contributed by atoms with Crippen LogP contribution in [0.3, 0.4) is 0 Å². The minimum absolute atomic E-state index is 0.0188. The second kappa shape index (κ2) is 7.29. The van der Waals surface area contributed by atoms with Gasteiger partial charge in [-0.3, -0.25) is 9.59 Å². The van der Waals surface area contributed by atoms with Crippen LogP contribution in [0.25, 0.3) is 0 Å². The van der Waals surface area contributed by atoms with Gasteiger partial charge in [-0.1, -0.05) is 11.6 Å². The van der Waals surface area contributed by atoms with Crippen molar-refractivity contribution >= 4 is 40.9 Å². The first-order valence-electron chi connectivity index (χ1n) is 8.92. The Bertz CT molecular complexity index is 726. The average Bonchev–Trinajstić information content (AvgIpc) is 3.24. The van der Waals surface area contributed by atoms with E-state index >= 15 is 0 Å². The number of carbonyl (C=O) groups excluding carboxylic acids is 2. The lowest BCUT2D eigenvalue weighted by atomic mass is 10.2. The van der Waals surface area contributed by atoms with Crippen LogP contribution in [0.2, 0.25) is 5.02 Å². The van der Waals surface area contributed by atoms with Gasteiger partial charge in [0, 0.05) is 29.6 Å². The van der Waals surface area contributed by atoms with E-state index < -0.39 is 6.04 Å². The van der Waals surface area contributed by atoms with Gasteiger partial charge in [-0.05, 0) is 31.5 Å². The Labute approximate surface area is 162 Å². The van der Waals surface area contributed by atoms with Gasteiger partial charge in [0.2, 0.25) is 11.8 Å². The number of likely N-dealkylation sites (tertiary alicyclic amines) is 1. The lowest BCUT2D eigenvalue weighted by molar-refractivity contribution is -0.145. The van der Waals surface area contributed by atoms with E-state index in [0.717, 1.165) is 22.9 Å². The first-order chi connectivity index (χ1) is 12.6. The van der Waals surface area contributed by atoms with Gasteiger partial charge in [-0.25, -0.2) is 0 Å². The molecule has 0 radical (unpaired) electrons. The number of nitrogens with zero attached hydrogens (tertiary/aromatic N) is 3. The minimum atomic E-state index is -0.425. The van der Waals surface area contributed by atoms with Crippen LogP contribution in [0.15, 0.2) is 23.1 Å². The molecule has 1 aromatic carbocycles. The average molecular weight is 396 g/mol. The zero-order chi connectivity index (χ0) is 18.3. The van der Waals surface area contributed by atoms with Crippen LogP contribution < -0.4 is 4.90 Å². The van der Waals surface area contributed by atoms with Crippen LogP contribution in [0.4, 0.5) is 5.69 Å². The van der Waals surface area contributed by atoms with Crippen LogP contribution in [0.1, 0.15) is 13.3 Å². The van der Waals surface area contributed by atoms with E-state index in [1.807, 2.05) is 25.1 Å². The Morgan fingerprint density at radius 2 is 2.08 bits per heavy atom. The molecule has 0 aromatic heterocycles. The number of halogens is 1. The maximum atomic E-state index is 13.1. The fourth-order valence-electron chi connectivity index (χ4n) is 3.85. The zero-order valence-electron chi connectivity index (χ0n) is 14.7. The van der Waals surface area contributed by atoms with Gasteiger partial charge in [0.1, 0.15) is 12.1 Å². The number of hydrogen-bond donors (Lipinski definition) is 0. The van der Waals surface area contributed by atoms with Crippen molar-refractivity contribution in [3.05, 3.63) is 23.2 Å². The van der Waals surface area contributed by atoms with Gasteiger partial charge in [-0.15, -0.1) is 11.8 Å². The molecule has 8 heteroatoms. The standard InChI is InChI=1S/C18H22ClN3O3S/c1-12(17(23)20-6-8-25-9-7-20)21-5-4-15(18(21)24)22-11-26-16-10-13(19)2-3-14(16)22/h2-3,10,12,15H,4-9,11H2,1H3/t12-,15-/m0/s1. The van der Waals surface area contributed by atoms with Gasteiger partial charge < -0.3 is 19.4 Å². The molecule has 3 aliphatic heterocycles. The zero-order valence-corrected chi connectivity index (χ0v) is 16.3. The van der Waals surface area contributed by atoms with E-state index in [9.17, 15) is 9.59 Å². The van der Waals surface area contributed by atoms with Crippen LogP contribution in [0.5, 0.6) is 0 Å². The van der Waals surface area contributed by atoms with Crippen LogP contribution in [0, 0.1) is 0 Å². The number of benzene rings is 1. The molecule has 3 aliphatic rings. The molecular formula is C18H22ClN3O3S. The number of morpholine rings is 1. The van der Waals surface area contributed by atoms with Gasteiger partial charge >= 0.3 is 0 Å². The smallest absolute Gasteiger partial charge is 0.246 e. The highest BCUT2D eigenvalue weighted by Gasteiger charge is 2.42. The molecule has 2 atom stereocenters. The first kappa shape index (κ1) is 17.9. The topological polar surface area (TPSA) is 53.1 Å². The third kappa shape index (κ3) is 3.17. The number of hydrogen-bond acceptors (Lipinski definition) is 5. The predicted octanol–water partition coefficient (Wildman–Crippen LogP) is 2.06. The number of carbonyl (C=O) groups is 2. The van der Waals surface area contributed by atoms with E-state index in [0.29, 0.717) is 37.9 Å². The molecule has 0 bridgehead atoms. The van der Waals surface area contributed by atoms with E-state index in [2.05, 4.69) is 4.90 Å². The second-order valence-corrected chi connectivity index (χ2v) is 8.23. The minimum Gasteiger partial charge on any atom is -0.378 e. The molecule has 6 nitrogen and oxygen atoms in total. The summed E-state index contributed by atoms with van der Waals surface area (Å²) in [6.45, 7) is 4.80. The first-order valence-corrected chi connectivity index (χ1v) is 10.3. The molecule has 0 spiro atoms. The molecule has 26 heavy (non-hydrogen) atoms. The van der Waals surface area contributed by atoms with Gasteiger partial charge in [0.25, 0.3) is 0 Å². The molecule has 1 aromatic rings. The molecule has 140 valence electrons. The van der Waals surface area contributed by atoms with E-state index in [4.69, 9.17) is 16.3 Å². The summed E-state index contributed by atoms with van der Waals surface area (Å²) >= 11 is 7.77. The second-order valence-electron chi connectivity index (χ2n) is 6.81. The van der Waals surface area contributed by atoms with Crippen LogP contribution in [-0.2, 0) is 14.3 Å². The van der Waals surface area contributed by atoms with E-state index in [-0.39, 0.29) is 17.9 Å². The van der Waals surface area contributed by atoms with Gasteiger partial charge in [0.15, 0.2) is 0 Å². The summed E-state index contributed by atoms with van der Waals surface area (Å²) in [5.74, 6) is 0.805. The fraction of sp³-hybridized carbons (Fsp3) is 0.556. The summed E-state index contributed by atoms with van der Waals surface area (Å²) in [4.78, 5) is 32.6. The van der Waals surface area contributed by atoms with Crippen molar-refractivity contribution in [2.45, 2.75) is 30.3 Å². The van der Waals surface area contributed by atoms with Crippen LogP contribution >= 0.6 is 23.4 Å². The third-order valence-electron chi connectivity index (χ3n) is 5.33. The summed E-state index contributed by atoms with van der Waals surface area (Å²) in [6, 6.07) is 5.16. The lowest BCUT2D eigenvalue weighted by Gasteiger charge is -2.33. The highest BCUT2D eigenvalue weighted by molar-refractivity contribution is 7.99. The highest BCUT2D eigenvalue weighted by Crippen LogP contribution is 2.42. The molecule has 2 saturated heterocycles. The molecule has 0 unspecified atom stereocenters. The summed E-state index contributed by atoms with van der Waals surface area (Å²) in [7, 11) is 0. The van der Waals surface area contributed by atoms with Gasteiger partial charge in [0.05, 0.1) is 24.8 Å². The molecule has 3 heterocycles. The number of thioether (sulfide) groups is 1.